The molecule has 20 heavy (non-hydrogen) atoms. The van der Waals surface area contributed by atoms with E-state index >= 15 is 0 Å². The monoisotopic (exact) mass is 293 g/mol. The minimum atomic E-state index is 0.360. The molecule has 1 saturated heterocycles. The molecular weight excluding hydrogens is 270 g/mol. The van der Waals surface area contributed by atoms with Gasteiger partial charge in [-0.15, -0.1) is 0 Å². The number of fused-ring (bicyclic) bond motifs is 1. The lowest BCUT2D eigenvalue weighted by Gasteiger charge is -2.43. The van der Waals surface area contributed by atoms with Crippen molar-refractivity contribution in [1.29, 1.82) is 0 Å². The quantitative estimate of drug-likeness (QED) is 0.839. The minimum Gasteiger partial charge on any atom is -0.380 e. The lowest BCUT2D eigenvalue weighted by Crippen LogP contribution is -2.49. The highest BCUT2D eigenvalue weighted by Crippen LogP contribution is 2.33. The van der Waals surface area contributed by atoms with Gasteiger partial charge in [-0.1, -0.05) is 38.4 Å². The third-order valence-electron chi connectivity index (χ3n) is 4.54. The van der Waals surface area contributed by atoms with Crippen LogP contribution < -0.4 is 0 Å². The zero-order chi connectivity index (χ0) is 14.3. The van der Waals surface area contributed by atoms with Crippen LogP contribution in [0.1, 0.15) is 43.4 Å². The van der Waals surface area contributed by atoms with E-state index in [1.165, 1.54) is 16.7 Å². The van der Waals surface area contributed by atoms with Crippen LogP contribution in [0.15, 0.2) is 12.1 Å². The Labute approximate surface area is 127 Å². The van der Waals surface area contributed by atoms with Crippen LogP contribution in [0.5, 0.6) is 0 Å². The van der Waals surface area contributed by atoms with E-state index in [1.807, 2.05) is 0 Å². The van der Waals surface area contributed by atoms with E-state index in [1.54, 1.807) is 0 Å². The molecule has 2 aliphatic rings. The molecule has 1 fully saturated rings. The highest BCUT2D eigenvalue weighted by Gasteiger charge is 2.35. The van der Waals surface area contributed by atoms with Crippen LogP contribution in [0, 0.1) is 5.41 Å². The van der Waals surface area contributed by atoms with Gasteiger partial charge in [-0.3, -0.25) is 4.90 Å². The first kappa shape index (κ1) is 14.4. The number of rotatable bonds is 3. The molecule has 1 aromatic carbocycles. The van der Waals surface area contributed by atoms with Crippen molar-refractivity contribution in [2.45, 2.75) is 39.7 Å². The van der Waals surface area contributed by atoms with Crippen molar-refractivity contribution in [3.63, 3.8) is 0 Å². The van der Waals surface area contributed by atoms with Crippen molar-refractivity contribution >= 4 is 11.6 Å². The van der Waals surface area contributed by atoms with E-state index < -0.39 is 0 Å². The summed E-state index contributed by atoms with van der Waals surface area (Å²) in [6, 6.07) is 4.52. The molecule has 3 rings (SSSR count). The maximum atomic E-state index is 6.44. The molecule has 0 unspecified atom stereocenters. The number of hydrogen-bond acceptors (Lipinski definition) is 2. The normalized spacial score (nSPS) is 21.6. The molecule has 2 nitrogen and oxygen atoms in total. The molecule has 0 N–H and O–H groups in total. The number of ether oxygens (including phenoxy) is 1. The molecule has 0 amide bonds. The smallest absolute Gasteiger partial charge is 0.0554 e. The van der Waals surface area contributed by atoms with Gasteiger partial charge < -0.3 is 4.74 Å². The molecule has 1 aromatic rings. The summed E-state index contributed by atoms with van der Waals surface area (Å²) in [5, 5.41) is 0.929. The Morgan fingerprint density at radius 2 is 2.05 bits per heavy atom. The summed E-state index contributed by atoms with van der Waals surface area (Å²) in [5.74, 6) is 0.497. The van der Waals surface area contributed by atoms with Crippen molar-refractivity contribution in [3.8, 4) is 0 Å². The van der Waals surface area contributed by atoms with Gasteiger partial charge in [0, 0.05) is 30.1 Å². The average molecular weight is 294 g/mol. The van der Waals surface area contributed by atoms with Crippen LogP contribution in [-0.2, 0) is 17.7 Å². The number of halogens is 1. The van der Waals surface area contributed by atoms with E-state index in [4.69, 9.17) is 16.3 Å². The maximum Gasteiger partial charge on any atom is 0.0554 e. The Morgan fingerprint density at radius 1 is 1.30 bits per heavy atom. The number of benzene rings is 1. The van der Waals surface area contributed by atoms with Gasteiger partial charge >= 0.3 is 0 Å². The van der Waals surface area contributed by atoms with Gasteiger partial charge in [0.15, 0.2) is 0 Å². The first-order valence-corrected chi connectivity index (χ1v) is 7.96. The Hall–Kier alpha value is -0.570. The maximum absolute atomic E-state index is 6.44. The zero-order valence-corrected chi connectivity index (χ0v) is 13.5. The second kappa shape index (κ2) is 5.32. The minimum absolute atomic E-state index is 0.360. The van der Waals surface area contributed by atoms with Gasteiger partial charge in [-0.25, -0.2) is 0 Å². The summed E-state index contributed by atoms with van der Waals surface area (Å²) in [6.07, 6.45) is 1.14. The molecule has 0 spiro atoms. The Morgan fingerprint density at radius 3 is 2.65 bits per heavy atom. The fraction of sp³-hybridized carbons (Fsp3) is 0.647. The third kappa shape index (κ3) is 2.74. The van der Waals surface area contributed by atoms with Crippen molar-refractivity contribution in [2.24, 2.45) is 5.41 Å². The standard InChI is InChI=1S/C17H24ClNO/c1-12(2)15-6-13-4-5-19(8-14(13)7-16(15)18)9-17(3)10-20-11-17/h6-7,12H,4-5,8-11H2,1-3H3. The highest BCUT2D eigenvalue weighted by atomic mass is 35.5. The Kier molecular flexibility index (Phi) is 3.83. The number of hydrogen-bond donors (Lipinski definition) is 0. The van der Waals surface area contributed by atoms with Crippen LogP contribution >= 0.6 is 11.6 Å². The Bertz CT molecular complexity index is 508. The van der Waals surface area contributed by atoms with Crippen molar-refractivity contribution in [1.82, 2.24) is 4.90 Å². The van der Waals surface area contributed by atoms with Gasteiger partial charge in [0.1, 0.15) is 0 Å². The predicted octanol–water partition coefficient (Wildman–Crippen LogP) is 3.86. The molecule has 2 heterocycles. The highest BCUT2D eigenvalue weighted by molar-refractivity contribution is 6.31. The van der Waals surface area contributed by atoms with E-state index in [0.717, 1.165) is 44.3 Å². The SMILES string of the molecule is CC(C)c1cc2c(cc1Cl)CN(CC1(C)COC1)CC2. The molecular formula is C17H24ClNO. The lowest BCUT2D eigenvalue weighted by atomic mass is 9.86. The molecule has 110 valence electrons. The van der Waals surface area contributed by atoms with Crippen LogP contribution in [0.25, 0.3) is 0 Å². The molecule has 0 aliphatic carbocycles. The molecule has 0 radical (unpaired) electrons. The van der Waals surface area contributed by atoms with Crippen molar-refractivity contribution in [3.05, 3.63) is 33.8 Å². The van der Waals surface area contributed by atoms with Crippen LogP contribution in [0.2, 0.25) is 5.02 Å². The second-order valence-corrected chi connectivity index (χ2v) is 7.47. The van der Waals surface area contributed by atoms with Gasteiger partial charge in [-0.2, -0.15) is 0 Å². The van der Waals surface area contributed by atoms with E-state index in [9.17, 15) is 0 Å². The molecule has 3 heteroatoms. The molecule has 0 atom stereocenters. The lowest BCUT2D eigenvalue weighted by molar-refractivity contribution is -0.116. The first-order valence-electron chi connectivity index (χ1n) is 7.58. The van der Waals surface area contributed by atoms with E-state index in [-0.39, 0.29) is 0 Å². The summed E-state index contributed by atoms with van der Waals surface area (Å²) in [5.41, 5.74) is 4.55. The van der Waals surface area contributed by atoms with Gasteiger partial charge in [0.05, 0.1) is 13.2 Å². The molecule has 0 aromatic heterocycles. The fourth-order valence-corrected chi connectivity index (χ4v) is 3.72. The molecule has 0 saturated carbocycles. The summed E-state index contributed by atoms with van der Waals surface area (Å²) < 4.78 is 5.36. The summed E-state index contributed by atoms with van der Waals surface area (Å²) in [4.78, 5) is 2.55. The van der Waals surface area contributed by atoms with Crippen molar-refractivity contribution in [2.75, 3.05) is 26.3 Å². The third-order valence-corrected chi connectivity index (χ3v) is 4.87. The summed E-state index contributed by atoms with van der Waals surface area (Å²) >= 11 is 6.44. The van der Waals surface area contributed by atoms with Crippen LogP contribution in [0.4, 0.5) is 0 Å². The summed E-state index contributed by atoms with van der Waals surface area (Å²) in [6.45, 7) is 11.9. The van der Waals surface area contributed by atoms with Crippen LogP contribution in [-0.4, -0.2) is 31.2 Å². The summed E-state index contributed by atoms with van der Waals surface area (Å²) in [7, 11) is 0. The molecule has 2 aliphatic heterocycles. The Balaban J connectivity index is 1.76. The van der Waals surface area contributed by atoms with E-state index in [2.05, 4.69) is 37.8 Å². The predicted molar refractivity (Wildman–Crippen MR) is 83.4 cm³/mol. The van der Waals surface area contributed by atoms with Gasteiger partial charge in [-0.05, 0) is 35.1 Å². The fourth-order valence-electron chi connectivity index (χ4n) is 3.32. The van der Waals surface area contributed by atoms with Gasteiger partial charge in [0.25, 0.3) is 0 Å². The second-order valence-electron chi connectivity index (χ2n) is 7.06. The van der Waals surface area contributed by atoms with Crippen LogP contribution in [0.3, 0.4) is 0 Å². The zero-order valence-electron chi connectivity index (χ0n) is 12.7. The molecule has 0 bridgehead atoms. The van der Waals surface area contributed by atoms with Crippen molar-refractivity contribution < 1.29 is 4.74 Å². The number of nitrogens with zero attached hydrogens (tertiary/aromatic N) is 1. The average Bonchev–Trinajstić information content (AvgIpc) is 2.35. The topological polar surface area (TPSA) is 12.5 Å². The van der Waals surface area contributed by atoms with E-state index in [0.29, 0.717) is 11.3 Å². The largest absolute Gasteiger partial charge is 0.380 e. The first-order chi connectivity index (χ1) is 9.47. The van der Waals surface area contributed by atoms with Gasteiger partial charge in [0.2, 0.25) is 0 Å².